The molecule has 0 fully saturated rings. The Morgan fingerprint density at radius 1 is 1.38 bits per heavy atom. The number of benzene rings is 1. The number of nitrogens with one attached hydrogen (secondary N) is 1. The third-order valence-corrected chi connectivity index (χ3v) is 2.53. The second-order valence-electron chi connectivity index (χ2n) is 4.00. The topological polar surface area (TPSA) is 45.0 Å². The predicted molar refractivity (Wildman–Crippen MR) is 64.4 cm³/mol. The molecule has 1 rings (SSSR count). The Hall–Kier alpha value is -1.53. The van der Waals surface area contributed by atoms with Crippen LogP contribution in [0.2, 0.25) is 0 Å². The maximum atomic E-state index is 9.14. The summed E-state index contributed by atoms with van der Waals surface area (Å²) in [6.45, 7) is 4.71. The number of hydrogen-bond donors (Lipinski definition) is 1. The SMILES string of the molecule is CCNC(C)(C#N)Cc1ccc(OC)cc1. The maximum Gasteiger partial charge on any atom is 0.118 e. The third kappa shape index (κ3) is 3.25. The van der Waals surface area contributed by atoms with Gasteiger partial charge in [0.05, 0.1) is 13.2 Å². The van der Waals surface area contributed by atoms with E-state index in [1.54, 1.807) is 7.11 Å². The second-order valence-corrected chi connectivity index (χ2v) is 4.00. The zero-order valence-electron chi connectivity index (χ0n) is 10.1. The van der Waals surface area contributed by atoms with Gasteiger partial charge in [0.25, 0.3) is 0 Å². The van der Waals surface area contributed by atoms with Gasteiger partial charge in [0.1, 0.15) is 11.3 Å². The van der Waals surface area contributed by atoms with E-state index in [1.807, 2.05) is 38.1 Å². The highest BCUT2D eigenvalue weighted by molar-refractivity contribution is 5.29. The first-order valence-corrected chi connectivity index (χ1v) is 5.43. The van der Waals surface area contributed by atoms with E-state index in [9.17, 15) is 0 Å². The van der Waals surface area contributed by atoms with Crippen LogP contribution in [0.3, 0.4) is 0 Å². The van der Waals surface area contributed by atoms with Gasteiger partial charge >= 0.3 is 0 Å². The van der Waals surface area contributed by atoms with E-state index in [0.717, 1.165) is 17.9 Å². The fourth-order valence-corrected chi connectivity index (χ4v) is 1.68. The number of rotatable bonds is 5. The molecule has 3 nitrogen and oxygen atoms in total. The lowest BCUT2D eigenvalue weighted by Crippen LogP contribution is -2.42. The highest BCUT2D eigenvalue weighted by Gasteiger charge is 2.22. The van der Waals surface area contributed by atoms with Crippen LogP contribution in [-0.4, -0.2) is 19.2 Å². The Balaban J connectivity index is 2.75. The smallest absolute Gasteiger partial charge is 0.118 e. The van der Waals surface area contributed by atoms with Gasteiger partial charge in [-0.15, -0.1) is 0 Å². The van der Waals surface area contributed by atoms with Crippen molar-refractivity contribution in [3.05, 3.63) is 29.8 Å². The molecule has 1 atom stereocenters. The van der Waals surface area contributed by atoms with E-state index < -0.39 is 5.54 Å². The zero-order chi connectivity index (χ0) is 12.0. The van der Waals surface area contributed by atoms with E-state index >= 15 is 0 Å². The Labute approximate surface area is 97.0 Å². The summed E-state index contributed by atoms with van der Waals surface area (Å²) in [5.74, 6) is 0.839. The van der Waals surface area contributed by atoms with Gasteiger partial charge in [-0.3, -0.25) is 5.32 Å². The van der Waals surface area contributed by atoms with Crippen molar-refractivity contribution in [3.63, 3.8) is 0 Å². The first-order valence-electron chi connectivity index (χ1n) is 5.43. The Bertz CT molecular complexity index is 367. The summed E-state index contributed by atoms with van der Waals surface area (Å²) in [5.41, 5.74) is 0.634. The van der Waals surface area contributed by atoms with Crippen molar-refractivity contribution in [1.29, 1.82) is 5.26 Å². The Morgan fingerprint density at radius 2 is 2.00 bits per heavy atom. The number of methoxy groups -OCH3 is 1. The molecule has 3 heteroatoms. The highest BCUT2D eigenvalue weighted by atomic mass is 16.5. The normalized spacial score (nSPS) is 13.9. The number of likely N-dealkylation sites (N-methyl/N-ethyl adjacent to an activating group) is 1. The van der Waals surface area contributed by atoms with Crippen molar-refractivity contribution in [2.24, 2.45) is 0 Å². The lowest BCUT2D eigenvalue weighted by atomic mass is 9.94. The fourth-order valence-electron chi connectivity index (χ4n) is 1.68. The molecule has 0 aliphatic heterocycles. The average molecular weight is 218 g/mol. The highest BCUT2D eigenvalue weighted by Crippen LogP contribution is 2.16. The summed E-state index contributed by atoms with van der Waals surface area (Å²) in [6.07, 6.45) is 0.696. The van der Waals surface area contributed by atoms with Gasteiger partial charge in [-0.25, -0.2) is 0 Å². The van der Waals surface area contributed by atoms with Crippen molar-refractivity contribution in [1.82, 2.24) is 5.32 Å². The lowest BCUT2D eigenvalue weighted by molar-refractivity contribution is 0.414. The molecule has 0 radical (unpaired) electrons. The molecular weight excluding hydrogens is 200 g/mol. The van der Waals surface area contributed by atoms with Crippen molar-refractivity contribution >= 4 is 0 Å². The standard InChI is InChI=1S/C13H18N2O/c1-4-15-13(2,10-14)9-11-5-7-12(16-3)8-6-11/h5-8,15H,4,9H2,1-3H3. The summed E-state index contributed by atoms with van der Waals surface area (Å²) >= 11 is 0. The Kier molecular flexibility index (Phi) is 4.33. The molecule has 86 valence electrons. The minimum Gasteiger partial charge on any atom is -0.497 e. The van der Waals surface area contributed by atoms with E-state index in [4.69, 9.17) is 10.00 Å². The number of nitrogens with zero attached hydrogens (tertiary/aromatic N) is 1. The Morgan fingerprint density at radius 3 is 2.44 bits per heavy atom. The minimum absolute atomic E-state index is 0.497. The molecule has 0 bridgehead atoms. The van der Waals surface area contributed by atoms with E-state index in [0.29, 0.717) is 6.42 Å². The van der Waals surface area contributed by atoms with Crippen LogP contribution in [0.15, 0.2) is 24.3 Å². The van der Waals surface area contributed by atoms with Crippen LogP contribution in [0.5, 0.6) is 5.75 Å². The van der Waals surface area contributed by atoms with Gasteiger partial charge in [-0.2, -0.15) is 5.26 Å². The third-order valence-electron chi connectivity index (χ3n) is 2.53. The molecule has 1 aromatic rings. The summed E-state index contributed by atoms with van der Waals surface area (Å²) in [6, 6.07) is 10.1. The fraction of sp³-hybridized carbons (Fsp3) is 0.462. The minimum atomic E-state index is -0.497. The van der Waals surface area contributed by atoms with Crippen LogP contribution < -0.4 is 10.1 Å². The van der Waals surface area contributed by atoms with Crippen LogP contribution in [0.1, 0.15) is 19.4 Å². The van der Waals surface area contributed by atoms with Crippen molar-refractivity contribution in [3.8, 4) is 11.8 Å². The number of hydrogen-bond acceptors (Lipinski definition) is 3. The van der Waals surface area contributed by atoms with Gasteiger partial charge in [0.2, 0.25) is 0 Å². The van der Waals surface area contributed by atoms with Gasteiger partial charge in [-0.1, -0.05) is 19.1 Å². The predicted octanol–water partition coefficient (Wildman–Crippen LogP) is 2.13. The largest absolute Gasteiger partial charge is 0.497 e. The average Bonchev–Trinajstić information content (AvgIpc) is 2.30. The molecule has 0 saturated heterocycles. The van der Waals surface area contributed by atoms with Crippen LogP contribution in [0.4, 0.5) is 0 Å². The first-order chi connectivity index (χ1) is 7.63. The number of ether oxygens (including phenoxy) is 1. The molecule has 0 heterocycles. The van der Waals surface area contributed by atoms with Crippen molar-refractivity contribution < 1.29 is 4.74 Å². The van der Waals surface area contributed by atoms with E-state index in [-0.39, 0.29) is 0 Å². The molecule has 0 saturated carbocycles. The molecule has 0 amide bonds. The monoisotopic (exact) mass is 218 g/mol. The molecule has 16 heavy (non-hydrogen) atoms. The molecule has 0 spiro atoms. The molecule has 0 aliphatic rings. The van der Waals surface area contributed by atoms with Crippen LogP contribution in [0.25, 0.3) is 0 Å². The summed E-state index contributed by atoms with van der Waals surface area (Å²) < 4.78 is 5.09. The molecule has 0 aliphatic carbocycles. The molecule has 1 N–H and O–H groups in total. The summed E-state index contributed by atoms with van der Waals surface area (Å²) in [5, 5.41) is 12.3. The van der Waals surface area contributed by atoms with Crippen molar-refractivity contribution in [2.45, 2.75) is 25.8 Å². The quantitative estimate of drug-likeness (QED) is 0.823. The van der Waals surface area contributed by atoms with E-state index in [2.05, 4.69) is 11.4 Å². The molecule has 1 unspecified atom stereocenters. The number of nitriles is 1. The van der Waals surface area contributed by atoms with E-state index in [1.165, 1.54) is 0 Å². The van der Waals surface area contributed by atoms with Crippen LogP contribution in [-0.2, 0) is 6.42 Å². The van der Waals surface area contributed by atoms with Crippen LogP contribution >= 0.6 is 0 Å². The molecular formula is C13H18N2O. The molecule has 0 aromatic heterocycles. The van der Waals surface area contributed by atoms with Gasteiger partial charge in [-0.05, 0) is 31.2 Å². The zero-order valence-corrected chi connectivity index (χ0v) is 10.1. The van der Waals surface area contributed by atoms with Crippen LogP contribution in [0, 0.1) is 11.3 Å². The summed E-state index contributed by atoms with van der Waals surface area (Å²) in [4.78, 5) is 0. The first kappa shape index (κ1) is 12.5. The second kappa shape index (κ2) is 5.53. The molecule has 1 aromatic carbocycles. The van der Waals surface area contributed by atoms with Gasteiger partial charge in [0.15, 0.2) is 0 Å². The maximum absolute atomic E-state index is 9.14. The van der Waals surface area contributed by atoms with Crippen molar-refractivity contribution in [2.75, 3.05) is 13.7 Å². The summed E-state index contributed by atoms with van der Waals surface area (Å²) in [7, 11) is 1.65. The van der Waals surface area contributed by atoms with Gasteiger partial charge < -0.3 is 4.74 Å². The van der Waals surface area contributed by atoms with Gasteiger partial charge in [0, 0.05) is 6.42 Å². The lowest BCUT2D eigenvalue weighted by Gasteiger charge is -2.22.